The van der Waals surface area contributed by atoms with Gasteiger partial charge in [-0.05, 0) is 37.1 Å². The lowest BCUT2D eigenvalue weighted by Crippen LogP contribution is -2.58. The predicted molar refractivity (Wildman–Crippen MR) is 99.7 cm³/mol. The monoisotopic (exact) mass is 426 g/mol. The van der Waals surface area contributed by atoms with Gasteiger partial charge < -0.3 is 4.74 Å². The van der Waals surface area contributed by atoms with E-state index in [1.807, 2.05) is 0 Å². The van der Waals surface area contributed by atoms with E-state index < -0.39 is 69.6 Å². The van der Waals surface area contributed by atoms with Crippen LogP contribution in [0.15, 0.2) is 30.3 Å². The molecule has 0 spiro atoms. The molecule has 3 aromatic rings. The second-order valence-electron chi connectivity index (χ2n) is 6.72. The van der Waals surface area contributed by atoms with Gasteiger partial charge >= 0.3 is 0 Å². The maximum absolute atomic E-state index is 15.0. The van der Waals surface area contributed by atoms with Gasteiger partial charge in [-0.25, -0.2) is 30.7 Å². The summed E-state index contributed by atoms with van der Waals surface area (Å²) in [5.41, 5.74) is -3.26. The average molecular weight is 426 g/mol. The Morgan fingerprint density at radius 2 is 1.07 bits per heavy atom. The van der Waals surface area contributed by atoms with Crippen molar-refractivity contribution in [3.8, 4) is 5.75 Å². The molecule has 0 saturated heterocycles. The third-order valence-corrected chi connectivity index (χ3v) is 4.87. The van der Waals surface area contributed by atoms with Crippen molar-refractivity contribution in [3.05, 3.63) is 82.2 Å². The first-order valence-corrected chi connectivity index (χ1v) is 8.70. The Kier molecular flexibility index (Phi) is 5.83. The SMILES string of the molecule is COc1c(F)cc(F)c(F)c1B(c1c(F)ccc(C)c1F)c1c(F)ccc(C)c1F. The van der Waals surface area contributed by atoms with E-state index >= 15 is 0 Å². The van der Waals surface area contributed by atoms with E-state index in [2.05, 4.69) is 0 Å². The van der Waals surface area contributed by atoms with Crippen LogP contribution >= 0.6 is 0 Å². The Morgan fingerprint density at radius 1 is 0.600 bits per heavy atom. The molecule has 0 fully saturated rings. The van der Waals surface area contributed by atoms with Gasteiger partial charge in [-0.3, -0.25) is 0 Å². The molecule has 0 aromatic heterocycles. The van der Waals surface area contributed by atoms with E-state index in [1.165, 1.54) is 13.8 Å². The summed E-state index contributed by atoms with van der Waals surface area (Å²) >= 11 is 0. The Morgan fingerprint density at radius 3 is 1.50 bits per heavy atom. The largest absolute Gasteiger partial charge is 0.494 e. The van der Waals surface area contributed by atoms with E-state index in [4.69, 9.17) is 4.74 Å². The minimum atomic E-state index is -2.22. The summed E-state index contributed by atoms with van der Waals surface area (Å²) < 4.78 is 108. The van der Waals surface area contributed by atoms with Crippen LogP contribution in [0.4, 0.5) is 30.7 Å². The zero-order valence-corrected chi connectivity index (χ0v) is 16.0. The fraction of sp³-hybridized carbons (Fsp3) is 0.143. The Hall–Kier alpha value is -2.97. The third-order valence-electron chi connectivity index (χ3n) is 4.87. The van der Waals surface area contributed by atoms with Crippen molar-refractivity contribution in [2.75, 3.05) is 7.11 Å². The molecule has 0 aliphatic heterocycles. The number of halogens is 7. The molecule has 0 bridgehead atoms. The quantitative estimate of drug-likeness (QED) is 0.351. The molecule has 0 unspecified atom stereocenters. The molecule has 0 N–H and O–H groups in total. The Balaban J connectivity index is 2.57. The molecular weight excluding hydrogens is 412 g/mol. The summed E-state index contributed by atoms with van der Waals surface area (Å²) in [5.74, 6) is -10.9. The molecule has 30 heavy (non-hydrogen) atoms. The summed E-state index contributed by atoms with van der Waals surface area (Å²) in [5, 5.41) is 0. The average Bonchev–Trinajstić information content (AvgIpc) is 2.69. The highest BCUT2D eigenvalue weighted by Gasteiger charge is 2.40. The number of ether oxygens (including phenoxy) is 1. The van der Waals surface area contributed by atoms with Crippen molar-refractivity contribution >= 4 is 23.1 Å². The van der Waals surface area contributed by atoms with Gasteiger partial charge in [0.05, 0.1) is 7.11 Å². The minimum Gasteiger partial charge on any atom is -0.494 e. The smallest absolute Gasteiger partial charge is 0.265 e. The lowest BCUT2D eigenvalue weighted by molar-refractivity contribution is 0.381. The van der Waals surface area contributed by atoms with E-state index in [9.17, 15) is 30.7 Å². The second-order valence-corrected chi connectivity index (χ2v) is 6.72. The van der Waals surface area contributed by atoms with Crippen LogP contribution in [0.1, 0.15) is 11.1 Å². The molecule has 3 aromatic carbocycles. The maximum Gasteiger partial charge on any atom is 0.265 e. The number of aryl methyl sites for hydroxylation is 2. The minimum absolute atomic E-state index is 0.124. The van der Waals surface area contributed by atoms with Crippen molar-refractivity contribution in [2.45, 2.75) is 13.8 Å². The molecular formula is C21H14BF7O. The molecule has 0 amide bonds. The highest BCUT2D eigenvalue weighted by atomic mass is 19.2. The molecule has 0 atom stereocenters. The van der Waals surface area contributed by atoms with Crippen molar-refractivity contribution < 1.29 is 35.5 Å². The van der Waals surface area contributed by atoms with E-state index in [0.29, 0.717) is 0 Å². The van der Waals surface area contributed by atoms with Crippen LogP contribution in [0, 0.1) is 54.6 Å². The molecule has 9 heteroatoms. The van der Waals surface area contributed by atoms with Gasteiger partial charge in [-0.1, -0.05) is 12.1 Å². The first-order valence-electron chi connectivity index (χ1n) is 8.70. The maximum atomic E-state index is 15.0. The first kappa shape index (κ1) is 21.7. The van der Waals surface area contributed by atoms with Gasteiger partial charge in [0.25, 0.3) is 6.71 Å². The topological polar surface area (TPSA) is 9.23 Å². The summed E-state index contributed by atoms with van der Waals surface area (Å²) in [6, 6.07) is 3.92. The number of hydrogen-bond acceptors (Lipinski definition) is 1. The van der Waals surface area contributed by atoms with Crippen molar-refractivity contribution in [3.63, 3.8) is 0 Å². The molecule has 0 radical (unpaired) electrons. The normalized spacial score (nSPS) is 11.0. The van der Waals surface area contributed by atoms with Crippen LogP contribution in [0.25, 0.3) is 0 Å². The molecule has 3 rings (SSSR count). The Bertz CT molecular complexity index is 1090. The highest BCUT2D eigenvalue weighted by Crippen LogP contribution is 2.22. The van der Waals surface area contributed by atoms with Gasteiger partial charge in [0.2, 0.25) is 0 Å². The number of methoxy groups -OCH3 is 1. The molecule has 0 heterocycles. The van der Waals surface area contributed by atoms with E-state index in [0.717, 1.165) is 31.4 Å². The van der Waals surface area contributed by atoms with Crippen molar-refractivity contribution in [1.29, 1.82) is 0 Å². The Labute approximate surface area is 168 Å². The van der Waals surface area contributed by atoms with Crippen LogP contribution in [-0.2, 0) is 0 Å². The van der Waals surface area contributed by atoms with Crippen LogP contribution < -0.4 is 21.1 Å². The van der Waals surface area contributed by atoms with E-state index in [-0.39, 0.29) is 17.2 Å². The second kappa shape index (κ2) is 8.05. The van der Waals surface area contributed by atoms with Gasteiger partial charge in [-0.2, -0.15) is 0 Å². The summed E-state index contributed by atoms with van der Waals surface area (Å²) in [4.78, 5) is 0. The highest BCUT2D eigenvalue weighted by molar-refractivity contribution is 6.96. The van der Waals surface area contributed by atoms with Gasteiger partial charge in [-0.15, -0.1) is 0 Å². The molecule has 0 aliphatic rings. The predicted octanol–water partition coefficient (Wildman–Crippen LogP) is 3.80. The zero-order chi connectivity index (χ0) is 22.3. The fourth-order valence-electron chi connectivity index (χ4n) is 3.38. The fourth-order valence-corrected chi connectivity index (χ4v) is 3.38. The van der Waals surface area contributed by atoms with Crippen LogP contribution in [-0.4, -0.2) is 13.8 Å². The number of benzene rings is 3. The number of rotatable bonds is 4. The van der Waals surface area contributed by atoms with Crippen LogP contribution in [0.3, 0.4) is 0 Å². The zero-order valence-electron chi connectivity index (χ0n) is 16.0. The van der Waals surface area contributed by atoms with Crippen molar-refractivity contribution in [1.82, 2.24) is 0 Å². The molecule has 1 nitrogen and oxygen atoms in total. The molecule has 0 aliphatic carbocycles. The standard InChI is InChI=1S/C21H14BF7O/c1-9-4-6-11(23)15(18(9)27)22(16-12(24)7-5-10(2)19(16)28)17-20(29)13(25)8-14(26)21(17)30-3/h4-8H,1-3H3. The third kappa shape index (κ3) is 3.42. The van der Waals surface area contributed by atoms with Gasteiger partial charge in [0.1, 0.15) is 23.3 Å². The number of hydrogen-bond donors (Lipinski definition) is 0. The molecule has 156 valence electrons. The van der Waals surface area contributed by atoms with Gasteiger partial charge in [0.15, 0.2) is 23.2 Å². The summed E-state index contributed by atoms with van der Waals surface area (Å²) in [6.07, 6.45) is 0. The van der Waals surface area contributed by atoms with Crippen LogP contribution in [0.5, 0.6) is 5.75 Å². The van der Waals surface area contributed by atoms with Crippen LogP contribution in [0.2, 0.25) is 0 Å². The van der Waals surface area contributed by atoms with Crippen molar-refractivity contribution in [2.24, 2.45) is 0 Å². The molecule has 0 saturated carbocycles. The summed E-state index contributed by atoms with van der Waals surface area (Å²) in [7, 11) is 0.905. The van der Waals surface area contributed by atoms with E-state index in [1.54, 1.807) is 0 Å². The summed E-state index contributed by atoms with van der Waals surface area (Å²) in [6.45, 7) is 0.278. The first-order chi connectivity index (χ1) is 14.1. The van der Waals surface area contributed by atoms with Gasteiger partial charge in [0, 0.05) is 22.5 Å². The lowest BCUT2D eigenvalue weighted by atomic mass is 9.35. The lowest BCUT2D eigenvalue weighted by Gasteiger charge is -2.22.